The maximum Gasteiger partial charge on any atom is 0.209 e. The number of ether oxygens (including phenoxy) is 1. The molecule has 0 spiro atoms. The van der Waals surface area contributed by atoms with Crippen molar-refractivity contribution in [3.8, 4) is 0 Å². The zero-order valence-corrected chi connectivity index (χ0v) is 11.7. The van der Waals surface area contributed by atoms with Gasteiger partial charge in [0, 0.05) is 12.4 Å². The summed E-state index contributed by atoms with van der Waals surface area (Å²) in [6.07, 6.45) is 2.37. The number of tetrazole rings is 1. The highest BCUT2D eigenvalue weighted by atomic mass is 32.2. The molecular weight excluding hydrogens is 279 g/mol. The van der Waals surface area contributed by atoms with Gasteiger partial charge in [-0.3, -0.25) is 0 Å². The van der Waals surface area contributed by atoms with E-state index in [1.807, 2.05) is 0 Å². The van der Waals surface area contributed by atoms with Crippen LogP contribution in [0.15, 0.2) is 29.4 Å². The zero-order chi connectivity index (χ0) is 13.8. The molecule has 0 saturated carbocycles. The third kappa shape index (κ3) is 3.34. The molecule has 0 aliphatic carbocycles. The van der Waals surface area contributed by atoms with E-state index in [1.54, 1.807) is 28.6 Å². The molecule has 2 aromatic rings. The molecule has 7 heteroatoms. The largest absolute Gasteiger partial charge is 0.376 e. The minimum absolute atomic E-state index is 0.212. The predicted molar refractivity (Wildman–Crippen MR) is 72.8 cm³/mol. The van der Waals surface area contributed by atoms with Gasteiger partial charge in [-0.1, -0.05) is 23.9 Å². The van der Waals surface area contributed by atoms with E-state index in [1.165, 1.54) is 12.1 Å². The molecule has 0 unspecified atom stereocenters. The maximum atomic E-state index is 12.8. The molecule has 106 valence electrons. The van der Waals surface area contributed by atoms with Gasteiger partial charge in [0.05, 0.1) is 12.6 Å². The van der Waals surface area contributed by atoms with Gasteiger partial charge < -0.3 is 4.74 Å². The van der Waals surface area contributed by atoms with E-state index in [-0.39, 0.29) is 11.9 Å². The lowest BCUT2D eigenvalue weighted by molar-refractivity contribution is 0.0912. The number of hydrogen-bond donors (Lipinski definition) is 0. The number of nitrogens with zero attached hydrogens (tertiary/aromatic N) is 4. The third-order valence-electron chi connectivity index (χ3n) is 3.18. The van der Waals surface area contributed by atoms with E-state index in [0.717, 1.165) is 30.2 Å². The molecule has 0 radical (unpaired) electrons. The lowest BCUT2D eigenvalue weighted by atomic mass is 10.2. The molecule has 1 aromatic heterocycles. The number of halogens is 1. The quantitative estimate of drug-likeness (QED) is 0.792. The fourth-order valence-electron chi connectivity index (χ4n) is 2.12. The number of thioether (sulfide) groups is 1. The van der Waals surface area contributed by atoms with Gasteiger partial charge in [-0.2, -0.15) is 0 Å². The zero-order valence-electron chi connectivity index (χ0n) is 10.9. The van der Waals surface area contributed by atoms with Crippen LogP contribution in [0.1, 0.15) is 18.4 Å². The van der Waals surface area contributed by atoms with E-state index in [9.17, 15) is 4.39 Å². The van der Waals surface area contributed by atoms with Crippen LogP contribution in [0.5, 0.6) is 0 Å². The smallest absolute Gasteiger partial charge is 0.209 e. The van der Waals surface area contributed by atoms with Gasteiger partial charge in [0.15, 0.2) is 0 Å². The van der Waals surface area contributed by atoms with Crippen LogP contribution in [0.2, 0.25) is 0 Å². The van der Waals surface area contributed by atoms with E-state index < -0.39 is 0 Å². The molecule has 1 aromatic carbocycles. The first-order chi connectivity index (χ1) is 9.81. The molecule has 0 bridgehead atoms. The van der Waals surface area contributed by atoms with Crippen molar-refractivity contribution in [3.05, 3.63) is 35.6 Å². The first-order valence-electron chi connectivity index (χ1n) is 6.56. The lowest BCUT2D eigenvalue weighted by Crippen LogP contribution is -2.16. The van der Waals surface area contributed by atoms with Crippen molar-refractivity contribution in [1.82, 2.24) is 20.2 Å². The van der Waals surface area contributed by atoms with Crippen LogP contribution in [0.4, 0.5) is 4.39 Å². The maximum absolute atomic E-state index is 12.8. The standard InChI is InChI=1S/C13H15FN4OS/c14-11-5-3-10(4-6-11)9-20-13-15-16-17-18(13)8-12-2-1-7-19-12/h3-6,12H,1-2,7-9H2/t12-/m1/s1. The Morgan fingerprint density at radius 1 is 1.35 bits per heavy atom. The fraction of sp³-hybridized carbons (Fsp3) is 0.462. The molecule has 1 saturated heterocycles. The molecule has 0 N–H and O–H groups in total. The summed E-state index contributed by atoms with van der Waals surface area (Å²) in [6, 6.07) is 6.48. The number of benzene rings is 1. The third-order valence-corrected chi connectivity index (χ3v) is 4.21. The summed E-state index contributed by atoms with van der Waals surface area (Å²) in [5.74, 6) is 0.494. The highest BCUT2D eigenvalue weighted by Gasteiger charge is 2.18. The van der Waals surface area contributed by atoms with E-state index in [4.69, 9.17) is 4.74 Å². The first-order valence-corrected chi connectivity index (χ1v) is 7.55. The summed E-state index contributed by atoms with van der Waals surface area (Å²) in [7, 11) is 0. The average Bonchev–Trinajstić information content (AvgIpc) is 3.11. The summed E-state index contributed by atoms with van der Waals surface area (Å²) < 4.78 is 20.2. The normalized spacial score (nSPS) is 18.6. The van der Waals surface area contributed by atoms with Gasteiger partial charge in [-0.05, 0) is 41.0 Å². The van der Waals surface area contributed by atoms with Crippen LogP contribution >= 0.6 is 11.8 Å². The summed E-state index contributed by atoms with van der Waals surface area (Å²) >= 11 is 1.54. The molecule has 1 aliphatic rings. The molecule has 1 aliphatic heterocycles. The molecular formula is C13H15FN4OS. The minimum Gasteiger partial charge on any atom is -0.376 e. The predicted octanol–water partition coefficient (Wildman–Crippen LogP) is 2.28. The van der Waals surface area contributed by atoms with Gasteiger partial charge >= 0.3 is 0 Å². The van der Waals surface area contributed by atoms with E-state index in [0.29, 0.717) is 12.3 Å². The van der Waals surface area contributed by atoms with Crippen LogP contribution in [0, 0.1) is 5.82 Å². The molecule has 5 nitrogen and oxygen atoms in total. The topological polar surface area (TPSA) is 52.8 Å². The SMILES string of the molecule is Fc1ccc(CSc2nnnn2C[C@H]2CCCO2)cc1. The molecule has 20 heavy (non-hydrogen) atoms. The van der Waals surface area contributed by atoms with Gasteiger partial charge in [0.1, 0.15) is 5.82 Å². The van der Waals surface area contributed by atoms with Gasteiger partial charge in [0.2, 0.25) is 5.16 Å². The second kappa shape index (κ2) is 6.32. The van der Waals surface area contributed by atoms with Crippen LogP contribution in [-0.2, 0) is 17.0 Å². The molecule has 2 heterocycles. The average molecular weight is 294 g/mol. The Labute approximate surface area is 120 Å². The summed E-state index contributed by atoms with van der Waals surface area (Å²) in [4.78, 5) is 0. The highest BCUT2D eigenvalue weighted by molar-refractivity contribution is 7.98. The molecule has 3 rings (SSSR count). The Bertz CT molecular complexity index is 554. The number of hydrogen-bond acceptors (Lipinski definition) is 5. The Morgan fingerprint density at radius 3 is 2.95 bits per heavy atom. The van der Waals surface area contributed by atoms with Crippen molar-refractivity contribution in [2.75, 3.05) is 6.61 Å². The van der Waals surface area contributed by atoms with Crippen molar-refractivity contribution in [2.45, 2.75) is 36.4 Å². The van der Waals surface area contributed by atoms with Gasteiger partial charge in [-0.25, -0.2) is 9.07 Å². The van der Waals surface area contributed by atoms with E-state index >= 15 is 0 Å². The van der Waals surface area contributed by atoms with Crippen molar-refractivity contribution < 1.29 is 9.13 Å². The van der Waals surface area contributed by atoms with Crippen LogP contribution in [0.3, 0.4) is 0 Å². The monoisotopic (exact) mass is 294 g/mol. The van der Waals surface area contributed by atoms with Crippen LogP contribution < -0.4 is 0 Å². The van der Waals surface area contributed by atoms with Gasteiger partial charge in [-0.15, -0.1) is 5.10 Å². The second-order valence-corrected chi connectivity index (χ2v) is 5.64. The Kier molecular flexibility index (Phi) is 4.27. The Morgan fingerprint density at radius 2 is 2.20 bits per heavy atom. The van der Waals surface area contributed by atoms with Crippen LogP contribution in [-0.4, -0.2) is 32.9 Å². The van der Waals surface area contributed by atoms with Crippen LogP contribution in [0.25, 0.3) is 0 Å². The summed E-state index contributed by atoms with van der Waals surface area (Å²) in [6.45, 7) is 1.52. The number of rotatable bonds is 5. The van der Waals surface area contributed by atoms with Crippen molar-refractivity contribution in [1.29, 1.82) is 0 Å². The Hall–Kier alpha value is -1.47. The fourth-order valence-corrected chi connectivity index (χ4v) is 2.97. The highest BCUT2D eigenvalue weighted by Crippen LogP contribution is 2.22. The second-order valence-electron chi connectivity index (χ2n) is 4.69. The molecule has 1 fully saturated rings. The van der Waals surface area contributed by atoms with Crippen molar-refractivity contribution in [3.63, 3.8) is 0 Å². The number of aromatic nitrogens is 4. The first kappa shape index (κ1) is 13.5. The Balaban J connectivity index is 1.59. The minimum atomic E-state index is -0.220. The molecule has 0 amide bonds. The lowest BCUT2D eigenvalue weighted by Gasteiger charge is -2.09. The summed E-state index contributed by atoms with van der Waals surface area (Å²) in [5, 5.41) is 12.5. The van der Waals surface area contributed by atoms with E-state index in [2.05, 4.69) is 15.5 Å². The van der Waals surface area contributed by atoms with Gasteiger partial charge in [0.25, 0.3) is 0 Å². The summed E-state index contributed by atoms with van der Waals surface area (Å²) in [5.41, 5.74) is 1.04. The molecule has 1 atom stereocenters. The van der Waals surface area contributed by atoms with Crippen molar-refractivity contribution in [2.24, 2.45) is 0 Å². The van der Waals surface area contributed by atoms with Crippen molar-refractivity contribution >= 4 is 11.8 Å².